The normalized spacial score (nSPS) is 21.6. The molecule has 1 aliphatic heterocycles. The smallest absolute Gasteiger partial charge is 0.134 e. The molecule has 2 atom stereocenters. The molecule has 3 nitrogen and oxygen atoms in total. The van der Waals surface area contributed by atoms with Crippen LogP contribution in [0.1, 0.15) is 29.7 Å². The van der Waals surface area contributed by atoms with Gasteiger partial charge >= 0.3 is 0 Å². The molecule has 0 aromatic heterocycles. The minimum absolute atomic E-state index is 0.0532. The summed E-state index contributed by atoms with van der Waals surface area (Å²) in [5.41, 5.74) is 8.13. The van der Waals surface area contributed by atoms with E-state index in [1.165, 1.54) is 0 Å². The minimum Gasteiger partial charge on any atom is -0.506 e. The molecular formula is C15H14ClNO2. The molecule has 0 amide bonds. The molecule has 2 aromatic carbocycles. The second-order valence-corrected chi connectivity index (χ2v) is 5.10. The fraction of sp³-hybridized carbons (Fsp3) is 0.200. The molecule has 1 unspecified atom stereocenters. The molecule has 3 N–H and O–H groups in total. The Morgan fingerprint density at radius 3 is 2.79 bits per heavy atom. The molecule has 0 aliphatic carbocycles. The van der Waals surface area contributed by atoms with E-state index in [1.807, 2.05) is 30.3 Å². The van der Waals surface area contributed by atoms with Crippen LogP contribution in [0.3, 0.4) is 0 Å². The number of rotatable bonds is 1. The highest BCUT2D eigenvalue weighted by molar-refractivity contribution is 6.32. The third-order valence-electron chi connectivity index (χ3n) is 3.40. The number of hydrogen-bond acceptors (Lipinski definition) is 3. The van der Waals surface area contributed by atoms with Crippen molar-refractivity contribution in [2.75, 3.05) is 0 Å². The lowest BCUT2D eigenvalue weighted by molar-refractivity contribution is 0.161. The van der Waals surface area contributed by atoms with Gasteiger partial charge in [0.05, 0.1) is 5.02 Å². The second kappa shape index (κ2) is 4.76. The average Bonchev–Trinajstić information content (AvgIpc) is 2.42. The summed E-state index contributed by atoms with van der Waals surface area (Å²) < 4.78 is 5.96. The Kier molecular flexibility index (Phi) is 3.09. The van der Waals surface area contributed by atoms with Crippen molar-refractivity contribution in [1.29, 1.82) is 0 Å². The highest BCUT2D eigenvalue weighted by Crippen LogP contribution is 2.40. The van der Waals surface area contributed by atoms with Crippen LogP contribution in [0.4, 0.5) is 0 Å². The van der Waals surface area contributed by atoms with Crippen molar-refractivity contribution in [3.05, 3.63) is 58.6 Å². The molecule has 0 fully saturated rings. The topological polar surface area (TPSA) is 55.5 Å². The van der Waals surface area contributed by atoms with Crippen molar-refractivity contribution in [2.24, 2.45) is 5.73 Å². The molecule has 0 radical (unpaired) electrons. The number of phenolic OH excluding ortho intramolecular Hbond substituents is 1. The molecule has 0 saturated heterocycles. The predicted octanol–water partition coefficient (Wildman–Crippen LogP) is 3.57. The van der Waals surface area contributed by atoms with Gasteiger partial charge < -0.3 is 15.6 Å². The highest BCUT2D eigenvalue weighted by Gasteiger charge is 2.27. The van der Waals surface area contributed by atoms with E-state index in [0.29, 0.717) is 11.4 Å². The van der Waals surface area contributed by atoms with Crippen molar-refractivity contribution < 1.29 is 9.84 Å². The number of hydrogen-bond donors (Lipinski definition) is 2. The number of halogens is 1. The van der Waals surface area contributed by atoms with Gasteiger partial charge in [-0.3, -0.25) is 0 Å². The van der Waals surface area contributed by atoms with Crippen molar-refractivity contribution in [3.8, 4) is 11.5 Å². The molecule has 4 heteroatoms. The van der Waals surface area contributed by atoms with Gasteiger partial charge in [0, 0.05) is 18.0 Å². The van der Waals surface area contributed by atoms with Crippen molar-refractivity contribution in [3.63, 3.8) is 0 Å². The van der Waals surface area contributed by atoms with Gasteiger partial charge in [-0.25, -0.2) is 0 Å². The zero-order valence-corrected chi connectivity index (χ0v) is 11.0. The fourth-order valence-corrected chi connectivity index (χ4v) is 2.57. The minimum atomic E-state index is -0.136. The summed E-state index contributed by atoms with van der Waals surface area (Å²) >= 11 is 5.93. The first-order valence-corrected chi connectivity index (χ1v) is 6.52. The van der Waals surface area contributed by atoms with E-state index in [4.69, 9.17) is 22.1 Å². The van der Waals surface area contributed by atoms with E-state index in [-0.39, 0.29) is 17.9 Å². The van der Waals surface area contributed by atoms with E-state index in [0.717, 1.165) is 16.9 Å². The largest absolute Gasteiger partial charge is 0.506 e. The van der Waals surface area contributed by atoms with Crippen LogP contribution in [0.2, 0.25) is 5.02 Å². The molecule has 0 bridgehead atoms. The molecule has 3 rings (SSSR count). The Bertz CT molecular complexity index is 615. The molecule has 19 heavy (non-hydrogen) atoms. The van der Waals surface area contributed by atoms with E-state index < -0.39 is 0 Å². The van der Waals surface area contributed by atoms with Gasteiger partial charge in [-0.15, -0.1) is 0 Å². The Labute approximate surface area is 116 Å². The van der Waals surface area contributed by atoms with Crippen molar-refractivity contribution >= 4 is 11.6 Å². The lowest BCUT2D eigenvalue weighted by Crippen LogP contribution is -2.24. The Morgan fingerprint density at radius 1 is 1.21 bits per heavy atom. The van der Waals surface area contributed by atoms with Crippen LogP contribution in [0.5, 0.6) is 11.5 Å². The second-order valence-electron chi connectivity index (χ2n) is 4.70. The number of ether oxygens (including phenoxy) is 1. The average molecular weight is 276 g/mol. The SMILES string of the molecule is N[C@@H]1CC(c2ccc(O)c(Cl)c2)Oc2ccccc21. The fourth-order valence-electron chi connectivity index (χ4n) is 2.38. The quantitative estimate of drug-likeness (QED) is 0.836. The first kappa shape index (κ1) is 12.3. The van der Waals surface area contributed by atoms with Crippen LogP contribution in [-0.4, -0.2) is 5.11 Å². The number of aromatic hydroxyl groups is 1. The molecule has 1 aliphatic rings. The van der Waals surface area contributed by atoms with Gasteiger partial charge in [-0.05, 0) is 23.8 Å². The first-order valence-electron chi connectivity index (χ1n) is 6.14. The van der Waals surface area contributed by atoms with E-state index in [1.54, 1.807) is 12.1 Å². The number of benzene rings is 2. The number of para-hydroxylation sites is 1. The summed E-state index contributed by atoms with van der Waals surface area (Å²) in [7, 11) is 0. The molecule has 0 saturated carbocycles. The zero-order valence-electron chi connectivity index (χ0n) is 10.2. The van der Waals surface area contributed by atoms with E-state index in [2.05, 4.69) is 0 Å². The first-order chi connectivity index (χ1) is 9.15. The van der Waals surface area contributed by atoms with Gasteiger partial charge in [0.15, 0.2) is 0 Å². The van der Waals surface area contributed by atoms with Crippen molar-refractivity contribution in [1.82, 2.24) is 0 Å². The predicted molar refractivity (Wildman–Crippen MR) is 74.5 cm³/mol. The molecule has 0 spiro atoms. The van der Waals surface area contributed by atoms with E-state index >= 15 is 0 Å². The molecule has 98 valence electrons. The Morgan fingerprint density at radius 2 is 2.00 bits per heavy atom. The van der Waals surface area contributed by atoms with Crippen LogP contribution in [-0.2, 0) is 0 Å². The lowest BCUT2D eigenvalue weighted by atomic mass is 9.93. The third kappa shape index (κ3) is 2.27. The highest BCUT2D eigenvalue weighted by atomic mass is 35.5. The third-order valence-corrected chi connectivity index (χ3v) is 3.70. The van der Waals surface area contributed by atoms with Crippen LogP contribution < -0.4 is 10.5 Å². The summed E-state index contributed by atoms with van der Waals surface area (Å²) in [6.45, 7) is 0. The maximum atomic E-state index is 9.45. The van der Waals surface area contributed by atoms with Crippen LogP contribution in [0.25, 0.3) is 0 Å². The van der Waals surface area contributed by atoms with Gasteiger partial charge in [0.2, 0.25) is 0 Å². The van der Waals surface area contributed by atoms with Crippen LogP contribution in [0.15, 0.2) is 42.5 Å². The van der Waals surface area contributed by atoms with Crippen LogP contribution >= 0.6 is 11.6 Å². The Hall–Kier alpha value is -1.71. The van der Waals surface area contributed by atoms with Gasteiger partial charge in [0.1, 0.15) is 17.6 Å². The zero-order chi connectivity index (χ0) is 13.4. The summed E-state index contributed by atoms with van der Waals surface area (Å²) in [5.74, 6) is 0.890. The number of fused-ring (bicyclic) bond motifs is 1. The van der Waals surface area contributed by atoms with Gasteiger partial charge in [-0.2, -0.15) is 0 Å². The summed E-state index contributed by atoms with van der Waals surface area (Å²) in [4.78, 5) is 0. The summed E-state index contributed by atoms with van der Waals surface area (Å²) in [6, 6.07) is 12.9. The van der Waals surface area contributed by atoms with E-state index in [9.17, 15) is 5.11 Å². The molecule has 2 aromatic rings. The summed E-state index contributed by atoms with van der Waals surface area (Å²) in [6.07, 6.45) is 0.556. The number of phenols is 1. The molecule has 1 heterocycles. The van der Waals surface area contributed by atoms with Crippen LogP contribution in [0, 0.1) is 0 Å². The number of nitrogens with two attached hydrogens (primary N) is 1. The maximum Gasteiger partial charge on any atom is 0.134 e. The summed E-state index contributed by atoms with van der Waals surface area (Å²) in [5, 5.41) is 9.78. The maximum absolute atomic E-state index is 9.45. The monoisotopic (exact) mass is 275 g/mol. The molecular weight excluding hydrogens is 262 g/mol. The van der Waals surface area contributed by atoms with Gasteiger partial charge in [0.25, 0.3) is 0 Å². The van der Waals surface area contributed by atoms with Gasteiger partial charge in [-0.1, -0.05) is 35.9 Å². The standard InChI is InChI=1S/C15H14ClNO2/c16-11-7-9(5-6-13(11)18)15-8-12(17)10-3-1-2-4-14(10)19-15/h1-7,12,15,18H,8,17H2/t12-,15?/m1/s1. The van der Waals surface area contributed by atoms with Crippen molar-refractivity contribution in [2.45, 2.75) is 18.6 Å². The Balaban J connectivity index is 1.94. The lowest BCUT2D eigenvalue weighted by Gasteiger charge is -2.30.